The molecule has 2 amide bonds. The van der Waals surface area contributed by atoms with Gasteiger partial charge in [-0.1, -0.05) is 24.3 Å². The summed E-state index contributed by atoms with van der Waals surface area (Å²) in [6.45, 7) is 3.00. The number of H-pyrrole nitrogens is 1. The lowest BCUT2D eigenvalue weighted by Crippen LogP contribution is -2.52. The molecule has 4 rings (SSSR count). The van der Waals surface area contributed by atoms with Crippen LogP contribution < -0.4 is 0 Å². The Balaban J connectivity index is 1.47. The molecule has 1 aliphatic heterocycles. The SMILES string of the molecule is Cc1ccc(F)c2c(C(=O)C(=O)N3CCN(C(=O)c4ccccc4)CC3)c[nH]c12. The van der Waals surface area contributed by atoms with Crippen molar-refractivity contribution < 1.29 is 18.8 Å². The molecule has 0 atom stereocenters. The molecule has 1 saturated heterocycles. The third kappa shape index (κ3) is 3.40. The van der Waals surface area contributed by atoms with E-state index in [1.807, 2.05) is 6.07 Å². The van der Waals surface area contributed by atoms with Crippen molar-refractivity contribution in [2.24, 2.45) is 0 Å². The standard InChI is InChI=1S/C22H20FN3O3/c1-14-7-8-17(23)18-16(13-24-19(14)18)20(27)22(29)26-11-9-25(10-12-26)21(28)15-5-3-2-4-6-15/h2-8,13,24H,9-12H2,1H3. The molecule has 0 radical (unpaired) electrons. The monoisotopic (exact) mass is 393 g/mol. The number of ketones is 1. The predicted molar refractivity (Wildman–Crippen MR) is 106 cm³/mol. The Morgan fingerprint density at radius 1 is 0.931 bits per heavy atom. The Morgan fingerprint density at radius 3 is 2.28 bits per heavy atom. The average molecular weight is 393 g/mol. The van der Waals surface area contributed by atoms with Gasteiger partial charge >= 0.3 is 0 Å². The molecule has 1 aliphatic rings. The van der Waals surface area contributed by atoms with Gasteiger partial charge in [-0.25, -0.2) is 4.39 Å². The molecule has 0 aliphatic carbocycles. The number of aryl methyl sites for hydroxylation is 1. The molecule has 1 fully saturated rings. The molecule has 2 aromatic carbocycles. The minimum absolute atomic E-state index is 0.0361. The summed E-state index contributed by atoms with van der Waals surface area (Å²) in [6.07, 6.45) is 1.39. The quantitative estimate of drug-likeness (QED) is 0.549. The number of piperazine rings is 1. The largest absolute Gasteiger partial charge is 0.360 e. The third-order valence-corrected chi connectivity index (χ3v) is 5.31. The van der Waals surface area contributed by atoms with Gasteiger partial charge in [0.2, 0.25) is 0 Å². The number of carbonyl (C=O) groups is 3. The molecule has 0 unspecified atom stereocenters. The molecule has 29 heavy (non-hydrogen) atoms. The summed E-state index contributed by atoms with van der Waals surface area (Å²) in [7, 11) is 0. The highest BCUT2D eigenvalue weighted by Gasteiger charge is 2.30. The van der Waals surface area contributed by atoms with Gasteiger partial charge in [0.15, 0.2) is 0 Å². The molecule has 2 heterocycles. The lowest BCUT2D eigenvalue weighted by Gasteiger charge is -2.34. The van der Waals surface area contributed by atoms with Crippen LogP contribution in [-0.2, 0) is 4.79 Å². The van der Waals surface area contributed by atoms with Gasteiger partial charge in [-0.2, -0.15) is 0 Å². The van der Waals surface area contributed by atoms with Crippen LogP contribution in [0.25, 0.3) is 10.9 Å². The van der Waals surface area contributed by atoms with Crippen LogP contribution in [0.5, 0.6) is 0 Å². The summed E-state index contributed by atoms with van der Waals surface area (Å²) in [5.41, 5.74) is 1.93. The van der Waals surface area contributed by atoms with Crippen LogP contribution in [0.15, 0.2) is 48.7 Å². The molecule has 0 saturated carbocycles. The summed E-state index contributed by atoms with van der Waals surface area (Å²) in [5, 5.41) is 0.140. The van der Waals surface area contributed by atoms with E-state index in [2.05, 4.69) is 4.98 Å². The van der Waals surface area contributed by atoms with Crippen molar-refractivity contribution in [3.8, 4) is 0 Å². The fraction of sp³-hybridized carbons (Fsp3) is 0.227. The van der Waals surface area contributed by atoms with Gasteiger partial charge in [0.25, 0.3) is 17.6 Å². The zero-order valence-electron chi connectivity index (χ0n) is 15.9. The van der Waals surface area contributed by atoms with Gasteiger partial charge in [-0.15, -0.1) is 0 Å². The Bertz CT molecular complexity index is 1100. The molecule has 7 heteroatoms. The normalized spacial score (nSPS) is 14.3. The number of benzene rings is 2. The van der Waals surface area contributed by atoms with Crippen LogP contribution in [-0.4, -0.2) is 58.6 Å². The Morgan fingerprint density at radius 2 is 1.59 bits per heavy atom. The number of rotatable bonds is 3. The molecule has 148 valence electrons. The van der Waals surface area contributed by atoms with Crippen LogP contribution >= 0.6 is 0 Å². The van der Waals surface area contributed by atoms with Crippen molar-refractivity contribution in [3.63, 3.8) is 0 Å². The number of nitrogens with one attached hydrogen (secondary N) is 1. The van der Waals surface area contributed by atoms with Crippen molar-refractivity contribution in [3.05, 3.63) is 71.2 Å². The first-order valence-corrected chi connectivity index (χ1v) is 9.41. The minimum Gasteiger partial charge on any atom is -0.360 e. The number of Topliss-reactive ketones (excluding diaryl/α,β-unsaturated/α-hetero) is 1. The topological polar surface area (TPSA) is 73.5 Å². The number of nitrogens with zero attached hydrogens (tertiary/aromatic N) is 2. The minimum atomic E-state index is -0.747. The number of aromatic amines is 1. The van der Waals surface area contributed by atoms with E-state index in [4.69, 9.17) is 0 Å². The molecule has 1 N–H and O–H groups in total. The second-order valence-corrected chi connectivity index (χ2v) is 7.10. The van der Waals surface area contributed by atoms with E-state index in [0.29, 0.717) is 24.2 Å². The number of fused-ring (bicyclic) bond motifs is 1. The molecule has 0 spiro atoms. The van der Waals surface area contributed by atoms with Crippen LogP contribution in [0.4, 0.5) is 4.39 Å². The smallest absolute Gasteiger partial charge is 0.295 e. The molecule has 1 aromatic heterocycles. The van der Waals surface area contributed by atoms with E-state index in [1.165, 1.54) is 17.2 Å². The van der Waals surface area contributed by atoms with Gasteiger partial charge < -0.3 is 14.8 Å². The van der Waals surface area contributed by atoms with Crippen LogP contribution in [0.2, 0.25) is 0 Å². The van der Waals surface area contributed by atoms with Gasteiger partial charge in [0, 0.05) is 43.3 Å². The third-order valence-electron chi connectivity index (χ3n) is 5.31. The molecule has 6 nitrogen and oxygen atoms in total. The van der Waals surface area contributed by atoms with E-state index >= 15 is 0 Å². The summed E-state index contributed by atoms with van der Waals surface area (Å²) >= 11 is 0. The first-order valence-electron chi connectivity index (χ1n) is 9.41. The van der Waals surface area contributed by atoms with Crippen molar-refractivity contribution >= 4 is 28.5 Å². The van der Waals surface area contributed by atoms with Crippen LogP contribution in [0.3, 0.4) is 0 Å². The molecular formula is C22H20FN3O3. The molecule has 3 aromatic rings. The van der Waals surface area contributed by atoms with Crippen molar-refractivity contribution in [2.45, 2.75) is 6.92 Å². The lowest BCUT2D eigenvalue weighted by molar-refractivity contribution is -0.127. The number of hydrogen-bond donors (Lipinski definition) is 1. The fourth-order valence-corrected chi connectivity index (χ4v) is 3.66. The fourth-order valence-electron chi connectivity index (χ4n) is 3.66. The maximum Gasteiger partial charge on any atom is 0.295 e. The van der Waals surface area contributed by atoms with Crippen molar-refractivity contribution in [1.29, 1.82) is 0 Å². The molecular weight excluding hydrogens is 373 g/mol. The summed E-state index contributed by atoms with van der Waals surface area (Å²) in [6, 6.07) is 11.8. The number of carbonyl (C=O) groups excluding carboxylic acids is 3. The van der Waals surface area contributed by atoms with Crippen molar-refractivity contribution in [2.75, 3.05) is 26.2 Å². The van der Waals surface area contributed by atoms with Gasteiger partial charge in [0.05, 0.1) is 11.1 Å². The highest BCUT2D eigenvalue weighted by atomic mass is 19.1. The number of hydrogen-bond acceptors (Lipinski definition) is 3. The Labute approximate surface area is 166 Å². The maximum absolute atomic E-state index is 14.3. The van der Waals surface area contributed by atoms with Gasteiger partial charge in [-0.05, 0) is 30.7 Å². The van der Waals surface area contributed by atoms with E-state index in [9.17, 15) is 18.8 Å². The van der Waals surface area contributed by atoms with E-state index < -0.39 is 17.5 Å². The Kier molecular flexibility index (Phi) is 4.88. The summed E-state index contributed by atoms with van der Waals surface area (Å²) < 4.78 is 14.3. The molecule has 0 bridgehead atoms. The maximum atomic E-state index is 14.3. The second-order valence-electron chi connectivity index (χ2n) is 7.10. The predicted octanol–water partition coefficient (Wildman–Crippen LogP) is 2.78. The summed E-state index contributed by atoms with van der Waals surface area (Å²) in [5.74, 6) is -2.07. The number of amides is 2. The number of halogens is 1. The van der Waals surface area contributed by atoms with E-state index in [0.717, 1.165) is 5.56 Å². The van der Waals surface area contributed by atoms with E-state index in [1.54, 1.807) is 42.2 Å². The van der Waals surface area contributed by atoms with Crippen LogP contribution in [0.1, 0.15) is 26.3 Å². The van der Waals surface area contributed by atoms with Crippen LogP contribution in [0, 0.1) is 12.7 Å². The first kappa shape index (κ1) is 18.9. The van der Waals surface area contributed by atoms with Gasteiger partial charge in [0.1, 0.15) is 5.82 Å². The first-order chi connectivity index (χ1) is 14.0. The zero-order chi connectivity index (χ0) is 20.5. The van der Waals surface area contributed by atoms with E-state index in [-0.39, 0.29) is 29.9 Å². The zero-order valence-corrected chi connectivity index (χ0v) is 15.9. The Hall–Kier alpha value is -3.48. The highest BCUT2D eigenvalue weighted by Crippen LogP contribution is 2.25. The number of aromatic nitrogens is 1. The highest BCUT2D eigenvalue weighted by molar-refractivity contribution is 6.45. The van der Waals surface area contributed by atoms with Crippen molar-refractivity contribution in [1.82, 2.24) is 14.8 Å². The van der Waals surface area contributed by atoms with Gasteiger partial charge in [-0.3, -0.25) is 14.4 Å². The lowest BCUT2D eigenvalue weighted by atomic mass is 10.1. The summed E-state index contributed by atoms with van der Waals surface area (Å²) in [4.78, 5) is 44.0. The average Bonchev–Trinajstić information content (AvgIpc) is 3.22. The second kappa shape index (κ2) is 7.50.